The Hall–Kier alpha value is -1.09. The van der Waals surface area contributed by atoms with Crippen molar-refractivity contribution in [3.05, 3.63) is 29.0 Å². The number of amides is 1. The molecule has 2 nitrogen and oxygen atoms in total. The summed E-state index contributed by atoms with van der Waals surface area (Å²) in [5.74, 6) is -0.632. The quantitative estimate of drug-likeness (QED) is 0.845. The summed E-state index contributed by atoms with van der Waals surface area (Å²) in [6.07, 6.45) is 0.765. The third kappa shape index (κ3) is 3.20. The lowest BCUT2D eigenvalue weighted by atomic mass is 10.1. The van der Waals surface area contributed by atoms with E-state index in [0.717, 1.165) is 6.42 Å². The van der Waals surface area contributed by atoms with Gasteiger partial charge in [0.25, 0.3) is 0 Å². The molecule has 1 atom stereocenters. The van der Waals surface area contributed by atoms with Gasteiger partial charge in [-0.2, -0.15) is 0 Å². The van der Waals surface area contributed by atoms with Crippen LogP contribution >= 0.6 is 11.6 Å². The first-order chi connectivity index (χ1) is 7.04. The van der Waals surface area contributed by atoms with Crippen molar-refractivity contribution in [3.8, 4) is 0 Å². The van der Waals surface area contributed by atoms with E-state index in [1.165, 1.54) is 18.2 Å². The highest BCUT2D eigenvalue weighted by atomic mass is 35.5. The first-order valence-electron chi connectivity index (χ1n) is 4.80. The summed E-state index contributed by atoms with van der Waals surface area (Å²) >= 11 is 5.58. The van der Waals surface area contributed by atoms with Crippen molar-refractivity contribution in [2.75, 3.05) is 5.32 Å². The SMILES string of the molecule is CC[C@H](C)C(=O)Nc1ccc(F)c(Cl)c1. The van der Waals surface area contributed by atoms with E-state index < -0.39 is 5.82 Å². The van der Waals surface area contributed by atoms with Crippen LogP contribution in [0.3, 0.4) is 0 Å². The molecule has 15 heavy (non-hydrogen) atoms. The molecule has 0 aromatic heterocycles. The monoisotopic (exact) mass is 229 g/mol. The van der Waals surface area contributed by atoms with Crippen molar-refractivity contribution in [1.82, 2.24) is 0 Å². The average Bonchev–Trinajstić information content (AvgIpc) is 2.22. The molecule has 0 unspecified atom stereocenters. The topological polar surface area (TPSA) is 29.1 Å². The van der Waals surface area contributed by atoms with Crippen molar-refractivity contribution in [2.45, 2.75) is 20.3 Å². The third-order valence-electron chi connectivity index (χ3n) is 2.25. The predicted octanol–water partition coefficient (Wildman–Crippen LogP) is 3.46. The molecule has 0 saturated carbocycles. The largest absolute Gasteiger partial charge is 0.326 e. The van der Waals surface area contributed by atoms with Crippen LogP contribution in [-0.4, -0.2) is 5.91 Å². The Morgan fingerprint density at radius 2 is 2.27 bits per heavy atom. The summed E-state index contributed by atoms with van der Waals surface area (Å²) in [5, 5.41) is 2.68. The Bertz CT molecular complexity index is 368. The molecule has 1 rings (SSSR count). The number of carbonyl (C=O) groups excluding carboxylic acids is 1. The van der Waals surface area contributed by atoms with Crippen LogP contribution < -0.4 is 5.32 Å². The van der Waals surface area contributed by atoms with Gasteiger partial charge < -0.3 is 5.32 Å². The standard InChI is InChI=1S/C11H13ClFNO/c1-3-7(2)11(15)14-8-4-5-10(13)9(12)6-8/h4-7H,3H2,1-2H3,(H,14,15)/t7-/m0/s1. The molecule has 0 aliphatic rings. The molecule has 1 N–H and O–H groups in total. The molecule has 0 heterocycles. The van der Waals surface area contributed by atoms with Crippen LogP contribution in [0.25, 0.3) is 0 Å². The summed E-state index contributed by atoms with van der Waals surface area (Å²) in [6, 6.07) is 4.12. The molecule has 1 aromatic carbocycles. The Kier molecular flexibility index (Phi) is 4.09. The maximum absolute atomic E-state index is 12.8. The molecular weight excluding hydrogens is 217 g/mol. The van der Waals surface area contributed by atoms with Crippen molar-refractivity contribution < 1.29 is 9.18 Å². The van der Waals surface area contributed by atoms with E-state index in [2.05, 4.69) is 5.32 Å². The Labute approximate surface area is 93.4 Å². The summed E-state index contributed by atoms with van der Waals surface area (Å²) in [4.78, 5) is 11.5. The minimum atomic E-state index is -0.488. The number of benzene rings is 1. The molecule has 1 aromatic rings. The maximum Gasteiger partial charge on any atom is 0.227 e. The van der Waals surface area contributed by atoms with Crippen molar-refractivity contribution in [2.24, 2.45) is 5.92 Å². The van der Waals surface area contributed by atoms with Gasteiger partial charge in [0.05, 0.1) is 5.02 Å². The number of anilines is 1. The highest BCUT2D eigenvalue weighted by molar-refractivity contribution is 6.31. The fraction of sp³-hybridized carbons (Fsp3) is 0.364. The minimum absolute atomic E-state index is 0.0111. The van der Waals surface area contributed by atoms with Crippen LogP contribution in [0.2, 0.25) is 5.02 Å². The van der Waals surface area contributed by atoms with E-state index in [1.807, 2.05) is 13.8 Å². The van der Waals surface area contributed by atoms with Crippen molar-refractivity contribution in [1.29, 1.82) is 0 Å². The van der Waals surface area contributed by atoms with Gasteiger partial charge in [-0.25, -0.2) is 4.39 Å². The number of hydrogen-bond donors (Lipinski definition) is 1. The van der Waals surface area contributed by atoms with E-state index in [0.29, 0.717) is 5.69 Å². The van der Waals surface area contributed by atoms with Crippen molar-refractivity contribution in [3.63, 3.8) is 0 Å². The molecule has 82 valence electrons. The van der Waals surface area contributed by atoms with Crippen LogP contribution in [0, 0.1) is 11.7 Å². The van der Waals surface area contributed by atoms with E-state index in [4.69, 9.17) is 11.6 Å². The lowest BCUT2D eigenvalue weighted by Crippen LogP contribution is -2.19. The molecular formula is C11H13ClFNO. The summed E-state index contributed by atoms with van der Waals surface area (Å²) in [5.41, 5.74) is 0.520. The van der Waals surface area contributed by atoms with E-state index in [1.54, 1.807) is 0 Å². The van der Waals surface area contributed by atoms with Gasteiger partial charge in [-0.05, 0) is 24.6 Å². The zero-order chi connectivity index (χ0) is 11.4. The second-order valence-electron chi connectivity index (χ2n) is 3.43. The van der Waals surface area contributed by atoms with Crippen molar-refractivity contribution >= 4 is 23.2 Å². The van der Waals surface area contributed by atoms with Crippen LogP contribution in [0.5, 0.6) is 0 Å². The Morgan fingerprint density at radius 1 is 1.60 bits per heavy atom. The van der Waals surface area contributed by atoms with Gasteiger partial charge >= 0.3 is 0 Å². The molecule has 0 saturated heterocycles. The maximum atomic E-state index is 12.8. The summed E-state index contributed by atoms with van der Waals surface area (Å²) < 4.78 is 12.8. The van der Waals surface area contributed by atoms with Crippen LogP contribution in [0.1, 0.15) is 20.3 Å². The number of halogens is 2. The number of carbonyl (C=O) groups is 1. The van der Waals surface area contributed by atoms with Gasteiger partial charge in [0, 0.05) is 11.6 Å². The zero-order valence-corrected chi connectivity index (χ0v) is 9.44. The number of rotatable bonds is 3. The van der Waals surface area contributed by atoms with E-state index in [9.17, 15) is 9.18 Å². The highest BCUT2D eigenvalue weighted by Crippen LogP contribution is 2.19. The van der Waals surface area contributed by atoms with E-state index in [-0.39, 0.29) is 16.8 Å². The summed E-state index contributed by atoms with van der Waals surface area (Å²) in [6.45, 7) is 3.77. The van der Waals surface area contributed by atoms with Gasteiger partial charge in [0.15, 0.2) is 0 Å². The first-order valence-corrected chi connectivity index (χ1v) is 5.18. The van der Waals surface area contributed by atoms with Gasteiger partial charge in [-0.1, -0.05) is 25.4 Å². The van der Waals surface area contributed by atoms with Gasteiger partial charge in [-0.3, -0.25) is 4.79 Å². The van der Waals surface area contributed by atoms with Gasteiger partial charge in [-0.15, -0.1) is 0 Å². The van der Waals surface area contributed by atoms with Gasteiger partial charge in [0.1, 0.15) is 5.82 Å². The zero-order valence-electron chi connectivity index (χ0n) is 8.68. The summed E-state index contributed by atoms with van der Waals surface area (Å²) in [7, 11) is 0. The lowest BCUT2D eigenvalue weighted by Gasteiger charge is -2.10. The molecule has 1 amide bonds. The fourth-order valence-corrected chi connectivity index (χ4v) is 1.21. The smallest absolute Gasteiger partial charge is 0.227 e. The molecule has 4 heteroatoms. The third-order valence-corrected chi connectivity index (χ3v) is 2.54. The average molecular weight is 230 g/mol. The molecule has 0 fully saturated rings. The molecule has 0 aliphatic carbocycles. The second kappa shape index (κ2) is 5.12. The lowest BCUT2D eigenvalue weighted by molar-refractivity contribution is -0.119. The Morgan fingerprint density at radius 3 is 2.80 bits per heavy atom. The fourth-order valence-electron chi connectivity index (χ4n) is 1.02. The van der Waals surface area contributed by atoms with Crippen LogP contribution in [0.15, 0.2) is 18.2 Å². The minimum Gasteiger partial charge on any atom is -0.326 e. The second-order valence-corrected chi connectivity index (χ2v) is 3.83. The molecule has 0 spiro atoms. The van der Waals surface area contributed by atoms with Crippen LogP contribution in [0.4, 0.5) is 10.1 Å². The van der Waals surface area contributed by atoms with E-state index >= 15 is 0 Å². The first kappa shape index (κ1) is 12.0. The van der Waals surface area contributed by atoms with Crippen LogP contribution in [-0.2, 0) is 4.79 Å². The molecule has 0 radical (unpaired) electrons. The normalized spacial score (nSPS) is 12.3. The Balaban J connectivity index is 2.73. The number of nitrogens with one attached hydrogen (secondary N) is 1. The predicted molar refractivity (Wildman–Crippen MR) is 59.5 cm³/mol. The molecule has 0 aliphatic heterocycles. The molecule has 0 bridgehead atoms. The highest BCUT2D eigenvalue weighted by Gasteiger charge is 2.11. The number of hydrogen-bond acceptors (Lipinski definition) is 1. The van der Waals surface area contributed by atoms with Gasteiger partial charge in [0.2, 0.25) is 5.91 Å².